The molecular formula is C11H13N7O2. The monoisotopic (exact) mass is 275 g/mol. The van der Waals surface area contributed by atoms with Crippen molar-refractivity contribution in [3.63, 3.8) is 0 Å². The highest BCUT2D eigenvalue weighted by Crippen LogP contribution is 2.05. The number of amides is 1. The van der Waals surface area contributed by atoms with E-state index in [1.165, 1.54) is 23.5 Å². The van der Waals surface area contributed by atoms with Gasteiger partial charge in [0.25, 0.3) is 5.91 Å². The molecule has 0 saturated carbocycles. The highest BCUT2D eigenvalue weighted by atomic mass is 16.4. The molecule has 0 unspecified atom stereocenters. The third-order valence-corrected chi connectivity index (χ3v) is 2.58. The molecule has 0 bridgehead atoms. The van der Waals surface area contributed by atoms with Crippen LogP contribution in [0.15, 0.2) is 29.8 Å². The summed E-state index contributed by atoms with van der Waals surface area (Å²) in [7, 11) is 1.63. The first-order valence-electron chi connectivity index (χ1n) is 5.65. The average molecular weight is 275 g/mol. The van der Waals surface area contributed by atoms with Gasteiger partial charge in [0.1, 0.15) is 17.8 Å². The molecular weight excluding hydrogens is 262 g/mol. The minimum Gasteiger partial charge on any atom is -0.409 e. The molecule has 9 nitrogen and oxygen atoms in total. The van der Waals surface area contributed by atoms with Crippen LogP contribution in [-0.2, 0) is 6.54 Å². The highest BCUT2D eigenvalue weighted by molar-refractivity contribution is 5.98. The lowest BCUT2D eigenvalue weighted by atomic mass is 10.2. The van der Waals surface area contributed by atoms with Gasteiger partial charge in [0.2, 0.25) is 0 Å². The summed E-state index contributed by atoms with van der Waals surface area (Å²) >= 11 is 0. The van der Waals surface area contributed by atoms with Gasteiger partial charge >= 0.3 is 0 Å². The Morgan fingerprint density at radius 1 is 1.50 bits per heavy atom. The van der Waals surface area contributed by atoms with Crippen molar-refractivity contribution in [1.29, 1.82) is 0 Å². The third kappa shape index (κ3) is 2.88. The summed E-state index contributed by atoms with van der Waals surface area (Å²) in [5, 5.41) is 17.8. The summed E-state index contributed by atoms with van der Waals surface area (Å²) in [6.45, 7) is 0.294. The van der Waals surface area contributed by atoms with Gasteiger partial charge in [-0.1, -0.05) is 5.16 Å². The predicted molar refractivity (Wildman–Crippen MR) is 68.9 cm³/mol. The van der Waals surface area contributed by atoms with Gasteiger partial charge in [-0.3, -0.25) is 14.9 Å². The lowest BCUT2D eigenvalue weighted by molar-refractivity contribution is 0.0776. The van der Waals surface area contributed by atoms with Crippen LogP contribution in [-0.4, -0.2) is 49.1 Å². The summed E-state index contributed by atoms with van der Waals surface area (Å²) in [5.74, 6) is 0.244. The van der Waals surface area contributed by atoms with Crippen LogP contribution in [0.25, 0.3) is 0 Å². The maximum atomic E-state index is 12.1. The van der Waals surface area contributed by atoms with Crippen LogP contribution in [0.4, 0.5) is 0 Å². The van der Waals surface area contributed by atoms with Crippen LogP contribution in [0.3, 0.4) is 0 Å². The number of oxime groups is 1. The van der Waals surface area contributed by atoms with Crippen molar-refractivity contribution in [3.8, 4) is 0 Å². The van der Waals surface area contributed by atoms with Crippen molar-refractivity contribution < 1.29 is 10.0 Å². The number of nitrogens with zero attached hydrogens (tertiary/aromatic N) is 5. The fraction of sp³-hybridized carbons (Fsp3) is 0.182. The van der Waals surface area contributed by atoms with Crippen LogP contribution >= 0.6 is 0 Å². The van der Waals surface area contributed by atoms with Crippen molar-refractivity contribution in [2.45, 2.75) is 6.54 Å². The molecule has 104 valence electrons. The zero-order valence-electron chi connectivity index (χ0n) is 10.7. The fourth-order valence-electron chi connectivity index (χ4n) is 1.53. The molecule has 0 aliphatic rings. The molecule has 0 aliphatic heterocycles. The lowest BCUT2D eigenvalue weighted by Gasteiger charge is -2.14. The number of carbonyl (C=O) groups excluding carboxylic acids is 1. The molecule has 0 aromatic carbocycles. The second-order valence-corrected chi connectivity index (χ2v) is 4.01. The Balaban J connectivity index is 2.09. The van der Waals surface area contributed by atoms with Crippen molar-refractivity contribution in [2.24, 2.45) is 10.9 Å². The molecule has 2 aromatic rings. The predicted octanol–water partition coefficient (Wildman–Crippen LogP) is -0.434. The van der Waals surface area contributed by atoms with E-state index in [4.69, 9.17) is 10.9 Å². The molecule has 2 rings (SSSR count). The zero-order chi connectivity index (χ0) is 14.5. The van der Waals surface area contributed by atoms with Gasteiger partial charge in [0.15, 0.2) is 5.84 Å². The van der Waals surface area contributed by atoms with Crippen molar-refractivity contribution >= 4 is 11.7 Å². The van der Waals surface area contributed by atoms with E-state index in [0.29, 0.717) is 17.9 Å². The summed E-state index contributed by atoms with van der Waals surface area (Å²) in [6, 6.07) is 3.06. The summed E-state index contributed by atoms with van der Waals surface area (Å²) in [5.41, 5.74) is 6.10. The Labute approximate surface area is 114 Å². The van der Waals surface area contributed by atoms with E-state index >= 15 is 0 Å². The van der Waals surface area contributed by atoms with Crippen molar-refractivity contribution in [1.82, 2.24) is 25.1 Å². The minimum absolute atomic E-state index is 0.0634. The number of aromatic nitrogens is 4. The van der Waals surface area contributed by atoms with Gasteiger partial charge in [0.05, 0.1) is 6.54 Å². The number of carbonyl (C=O) groups is 1. The van der Waals surface area contributed by atoms with Gasteiger partial charge < -0.3 is 15.8 Å². The molecule has 2 heterocycles. The molecule has 4 N–H and O–H groups in total. The second kappa shape index (κ2) is 5.78. The largest absolute Gasteiger partial charge is 0.409 e. The summed E-state index contributed by atoms with van der Waals surface area (Å²) < 4.78 is 0. The number of hydrogen-bond acceptors (Lipinski definition) is 6. The molecule has 1 amide bonds. The number of amidine groups is 1. The maximum absolute atomic E-state index is 12.1. The summed E-state index contributed by atoms with van der Waals surface area (Å²) in [6.07, 6.45) is 2.74. The fourth-order valence-corrected chi connectivity index (χ4v) is 1.53. The number of rotatable bonds is 4. The van der Waals surface area contributed by atoms with E-state index in [1.807, 2.05) is 0 Å². The van der Waals surface area contributed by atoms with Gasteiger partial charge in [0, 0.05) is 18.8 Å². The molecule has 0 spiro atoms. The normalized spacial score (nSPS) is 11.3. The molecule has 0 aliphatic carbocycles. The first kappa shape index (κ1) is 13.5. The molecule has 20 heavy (non-hydrogen) atoms. The number of hydrogen-bond donors (Lipinski definition) is 3. The number of nitrogens with two attached hydrogens (primary N) is 1. The standard InChI is InChI=1S/C11H13N7O2/c1-18(5-9-14-6-15-16-9)11(19)8-3-2-7(4-13-8)10(12)17-20/h2-4,6,20H,5H2,1H3,(H2,12,17)(H,14,15,16). The first-order chi connectivity index (χ1) is 9.61. The zero-order valence-corrected chi connectivity index (χ0v) is 10.7. The SMILES string of the molecule is CN(Cc1ncn[nH]1)C(=O)c1ccc(C(N)=NO)cn1. The highest BCUT2D eigenvalue weighted by Gasteiger charge is 2.14. The number of nitrogens with one attached hydrogen (secondary N) is 1. The maximum Gasteiger partial charge on any atom is 0.272 e. The van der Waals surface area contributed by atoms with E-state index < -0.39 is 0 Å². The van der Waals surface area contributed by atoms with Crippen molar-refractivity contribution in [2.75, 3.05) is 7.05 Å². The molecule has 0 radical (unpaired) electrons. The minimum atomic E-state index is -0.271. The van der Waals surface area contributed by atoms with E-state index in [1.54, 1.807) is 13.1 Å². The lowest BCUT2D eigenvalue weighted by Crippen LogP contribution is -2.27. The van der Waals surface area contributed by atoms with E-state index in [-0.39, 0.29) is 17.4 Å². The Bertz CT molecular complexity index is 606. The van der Waals surface area contributed by atoms with Crippen LogP contribution in [0.2, 0.25) is 0 Å². The third-order valence-electron chi connectivity index (χ3n) is 2.58. The average Bonchev–Trinajstić information content (AvgIpc) is 2.98. The smallest absolute Gasteiger partial charge is 0.272 e. The molecule has 0 saturated heterocycles. The van der Waals surface area contributed by atoms with Crippen LogP contribution < -0.4 is 5.73 Å². The quantitative estimate of drug-likeness (QED) is 0.300. The van der Waals surface area contributed by atoms with Gasteiger partial charge in [-0.15, -0.1) is 0 Å². The second-order valence-electron chi connectivity index (χ2n) is 4.01. The molecule has 0 fully saturated rings. The first-order valence-corrected chi connectivity index (χ1v) is 5.65. The van der Waals surface area contributed by atoms with E-state index in [2.05, 4.69) is 25.3 Å². The van der Waals surface area contributed by atoms with Crippen LogP contribution in [0.1, 0.15) is 21.9 Å². The molecule has 2 aromatic heterocycles. The van der Waals surface area contributed by atoms with E-state index in [9.17, 15) is 4.79 Å². The van der Waals surface area contributed by atoms with Crippen LogP contribution in [0.5, 0.6) is 0 Å². The number of H-pyrrole nitrogens is 1. The summed E-state index contributed by atoms with van der Waals surface area (Å²) in [4.78, 5) is 21.5. The van der Waals surface area contributed by atoms with Gasteiger partial charge in [-0.2, -0.15) is 5.10 Å². The Kier molecular flexibility index (Phi) is 3.89. The van der Waals surface area contributed by atoms with Crippen LogP contribution in [0, 0.1) is 0 Å². The van der Waals surface area contributed by atoms with Gasteiger partial charge in [-0.25, -0.2) is 4.98 Å². The number of pyridine rings is 1. The Hall–Kier alpha value is -2.97. The topological polar surface area (TPSA) is 133 Å². The Morgan fingerprint density at radius 3 is 2.85 bits per heavy atom. The van der Waals surface area contributed by atoms with E-state index in [0.717, 1.165) is 0 Å². The van der Waals surface area contributed by atoms with Gasteiger partial charge in [-0.05, 0) is 12.1 Å². The van der Waals surface area contributed by atoms with Crippen molar-refractivity contribution in [3.05, 3.63) is 41.7 Å². The Morgan fingerprint density at radius 2 is 2.30 bits per heavy atom. The molecule has 9 heteroatoms. The number of aromatic amines is 1. The molecule has 0 atom stereocenters.